The van der Waals surface area contributed by atoms with Gasteiger partial charge in [0.05, 0.1) is 11.5 Å². The molecule has 1 aliphatic carbocycles. The molecule has 10 heteroatoms. The first-order valence-electron chi connectivity index (χ1n) is 5.88. The van der Waals surface area contributed by atoms with E-state index in [9.17, 15) is 10.1 Å². The second-order valence-corrected chi connectivity index (χ2v) is 8.99. The number of nitrogens with zero attached hydrogens (tertiary/aromatic N) is 1. The molecule has 21 heavy (non-hydrogen) atoms. The van der Waals surface area contributed by atoms with Gasteiger partial charge in [0.15, 0.2) is 0 Å². The summed E-state index contributed by atoms with van der Waals surface area (Å²) in [5.74, 6) is -0.0424. The summed E-state index contributed by atoms with van der Waals surface area (Å²) in [7, 11) is 1.33. The zero-order valence-corrected chi connectivity index (χ0v) is 14.1. The fourth-order valence-electron chi connectivity index (χ4n) is 1.55. The summed E-state index contributed by atoms with van der Waals surface area (Å²) in [6.45, 7) is -2.97. The van der Waals surface area contributed by atoms with E-state index in [2.05, 4.69) is 0 Å². The molecule has 0 N–H and O–H groups in total. The van der Waals surface area contributed by atoms with Crippen molar-refractivity contribution in [1.29, 1.82) is 0 Å². The summed E-state index contributed by atoms with van der Waals surface area (Å²) in [6.07, 6.45) is 0.598. The van der Waals surface area contributed by atoms with Gasteiger partial charge in [0.1, 0.15) is 4.33 Å². The molecule has 2 rings (SSSR count). The first kappa shape index (κ1) is 16.9. The lowest BCUT2D eigenvalue weighted by atomic mass is 10.3. The highest BCUT2D eigenvalue weighted by molar-refractivity contribution is 8.07. The van der Waals surface area contributed by atoms with Crippen LogP contribution in [0.3, 0.4) is 0 Å². The molecular weight excluding hydrogens is 360 g/mol. The Bertz CT molecular complexity index is 600. The van der Waals surface area contributed by atoms with E-state index in [0.717, 1.165) is 0 Å². The third kappa shape index (κ3) is 4.28. The molecule has 1 aliphatic rings. The molecule has 6 nitrogen and oxygen atoms in total. The Hall–Kier alpha value is -0.430. The monoisotopic (exact) mass is 371 g/mol. The number of hydrogen-bond acceptors (Lipinski definition) is 6. The van der Waals surface area contributed by atoms with Gasteiger partial charge in [-0.1, -0.05) is 12.1 Å². The molecule has 0 bridgehead atoms. The minimum atomic E-state index is -3.15. The predicted molar refractivity (Wildman–Crippen MR) is 83.5 cm³/mol. The topological polar surface area (TPSA) is 70.8 Å². The van der Waals surface area contributed by atoms with Crippen molar-refractivity contribution < 1.29 is 18.5 Å². The lowest BCUT2D eigenvalue weighted by molar-refractivity contribution is -0.385. The number of benzene rings is 1. The van der Waals surface area contributed by atoms with Gasteiger partial charge in [-0.2, -0.15) is 0 Å². The van der Waals surface area contributed by atoms with Crippen LogP contribution in [-0.2, 0) is 20.9 Å². The number of rotatable bonds is 7. The first-order chi connectivity index (χ1) is 9.77. The highest BCUT2D eigenvalue weighted by atomic mass is 35.5. The zero-order chi connectivity index (χ0) is 15.7. The van der Waals surface area contributed by atoms with Gasteiger partial charge in [-0.25, -0.2) is 0 Å². The van der Waals surface area contributed by atoms with E-state index >= 15 is 0 Å². The van der Waals surface area contributed by atoms with Crippen LogP contribution >= 0.6 is 29.9 Å². The van der Waals surface area contributed by atoms with Gasteiger partial charge < -0.3 is 9.05 Å². The molecule has 0 heterocycles. The lowest BCUT2D eigenvalue weighted by Crippen LogP contribution is -2.06. The maximum Gasteiger partial charge on any atom is 0.380 e. The number of nitro groups is 1. The summed E-state index contributed by atoms with van der Waals surface area (Å²) in [5, 5.41) is 10.9. The molecule has 2 atom stereocenters. The second kappa shape index (κ2) is 6.36. The van der Waals surface area contributed by atoms with E-state index in [1.54, 1.807) is 6.07 Å². The van der Waals surface area contributed by atoms with Crippen LogP contribution in [0.5, 0.6) is 5.75 Å². The Kier molecular flexibility index (Phi) is 5.13. The van der Waals surface area contributed by atoms with Crippen LogP contribution in [0.4, 0.5) is 5.69 Å². The predicted octanol–water partition coefficient (Wildman–Crippen LogP) is 4.05. The van der Waals surface area contributed by atoms with Gasteiger partial charge in [0, 0.05) is 30.9 Å². The molecule has 2 unspecified atom stereocenters. The summed E-state index contributed by atoms with van der Waals surface area (Å²) in [6, 6.07) is 5.88. The van der Waals surface area contributed by atoms with Gasteiger partial charge in [0.2, 0.25) is 5.75 Å². The van der Waals surface area contributed by atoms with Gasteiger partial charge in [-0.15, -0.1) is 23.2 Å². The third-order valence-corrected chi connectivity index (χ3v) is 6.13. The fourth-order valence-corrected chi connectivity index (χ4v) is 3.47. The molecule has 116 valence electrons. The molecule has 0 amide bonds. The van der Waals surface area contributed by atoms with Crippen LogP contribution in [0.15, 0.2) is 24.3 Å². The number of nitro benzene ring substituents is 1. The SMILES string of the molecule is COP(=S)(OCC1CC1(Cl)Cl)Oc1ccccc1[N+](=O)[O-]. The maximum absolute atomic E-state index is 10.9. The quantitative estimate of drug-likeness (QED) is 0.311. The number of halogens is 2. The zero-order valence-electron chi connectivity index (χ0n) is 10.9. The Morgan fingerprint density at radius 2 is 2.14 bits per heavy atom. The Labute approximate surface area is 136 Å². The van der Waals surface area contributed by atoms with Crippen molar-refractivity contribution in [3.8, 4) is 5.75 Å². The number of hydrogen-bond donors (Lipinski definition) is 0. The minimum Gasteiger partial charge on any atom is -0.417 e. The molecule has 1 fully saturated rings. The summed E-state index contributed by atoms with van der Waals surface area (Å²) < 4.78 is 15.2. The van der Waals surface area contributed by atoms with E-state index in [0.29, 0.717) is 6.42 Å². The van der Waals surface area contributed by atoms with Crippen LogP contribution in [0.1, 0.15) is 6.42 Å². The summed E-state index contributed by atoms with van der Waals surface area (Å²) in [4.78, 5) is 10.4. The van der Waals surface area contributed by atoms with Crippen molar-refractivity contribution in [1.82, 2.24) is 0 Å². The van der Waals surface area contributed by atoms with Gasteiger partial charge in [-0.05, 0) is 12.5 Å². The standard InChI is InChI=1S/C11H12Cl2NO5PS/c1-17-20(21,18-7-8-6-11(8,12)13)19-10-5-3-2-4-9(10)14(15)16/h2-5,8H,6-7H2,1H3. The molecule has 0 aromatic heterocycles. The van der Waals surface area contributed by atoms with Crippen molar-refractivity contribution in [3.05, 3.63) is 34.4 Å². The molecule has 1 saturated carbocycles. The first-order valence-corrected chi connectivity index (χ1v) is 9.20. The van der Waals surface area contributed by atoms with Crippen molar-refractivity contribution in [2.75, 3.05) is 13.7 Å². The van der Waals surface area contributed by atoms with E-state index in [1.807, 2.05) is 0 Å². The van der Waals surface area contributed by atoms with Crippen molar-refractivity contribution in [2.45, 2.75) is 10.8 Å². The fraction of sp³-hybridized carbons (Fsp3) is 0.455. The highest BCUT2D eigenvalue weighted by Gasteiger charge is 2.52. The van der Waals surface area contributed by atoms with Crippen molar-refractivity contribution >= 4 is 47.4 Å². The van der Waals surface area contributed by atoms with E-state index < -0.39 is 16.0 Å². The highest BCUT2D eigenvalue weighted by Crippen LogP contribution is 2.57. The molecule has 1 aromatic carbocycles. The normalized spacial score (nSPS) is 22.3. The van der Waals surface area contributed by atoms with Gasteiger partial charge in [0.25, 0.3) is 0 Å². The number of para-hydroxylation sites is 2. The van der Waals surface area contributed by atoms with E-state index in [-0.39, 0.29) is 24.0 Å². The van der Waals surface area contributed by atoms with Crippen LogP contribution in [0, 0.1) is 16.0 Å². The average molecular weight is 372 g/mol. The molecule has 0 saturated heterocycles. The molecule has 0 radical (unpaired) electrons. The lowest BCUT2D eigenvalue weighted by Gasteiger charge is -2.20. The maximum atomic E-state index is 10.9. The third-order valence-electron chi connectivity index (χ3n) is 2.89. The average Bonchev–Trinajstić information content (AvgIpc) is 3.04. The van der Waals surface area contributed by atoms with Gasteiger partial charge >= 0.3 is 12.4 Å². The molecule has 0 spiro atoms. The minimum absolute atomic E-state index is 0.00601. The smallest absolute Gasteiger partial charge is 0.380 e. The molecule has 1 aromatic rings. The van der Waals surface area contributed by atoms with Gasteiger partial charge in [-0.3, -0.25) is 14.6 Å². The summed E-state index contributed by atoms with van der Waals surface area (Å²) in [5.41, 5.74) is -0.206. The van der Waals surface area contributed by atoms with Crippen LogP contribution in [0.25, 0.3) is 0 Å². The Morgan fingerprint density at radius 3 is 2.67 bits per heavy atom. The second-order valence-electron chi connectivity index (χ2n) is 4.40. The van der Waals surface area contributed by atoms with Crippen molar-refractivity contribution in [2.24, 2.45) is 5.92 Å². The Morgan fingerprint density at radius 1 is 1.52 bits per heavy atom. The summed E-state index contributed by atoms with van der Waals surface area (Å²) >= 11 is 17.0. The molecule has 0 aliphatic heterocycles. The van der Waals surface area contributed by atoms with Crippen LogP contribution in [0.2, 0.25) is 0 Å². The van der Waals surface area contributed by atoms with E-state index in [1.165, 1.54) is 25.3 Å². The van der Waals surface area contributed by atoms with Crippen LogP contribution < -0.4 is 4.52 Å². The largest absolute Gasteiger partial charge is 0.417 e. The van der Waals surface area contributed by atoms with E-state index in [4.69, 9.17) is 48.6 Å². The van der Waals surface area contributed by atoms with Crippen LogP contribution in [-0.4, -0.2) is 23.0 Å². The Balaban J connectivity index is 2.07. The molecular formula is C11H12Cl2NO5PS. The van der Waals surface area contributed by atoms with Crippen molar-refractivity contribution in [3.63, 3.8) is 0 Å². The number of alkyl halides is 2.